The van der Waals surface area contributed by atoms with Crippen LogP contribution in [0.1, 0.15) is 54.9 Å². The van der Waals surface area contributed by atoms with Crippen LogP contribution < -0.4 is 15.4 Å². The Morgan fingerprint density at radius 3 is 2.68 bits per heavy atom. The van der Waals surface area contributed by atoms with Gasteiger partial charge in [-0.3, -0.25) is 0 Å². The summed E-state index contributed by atoms with van der Waals surface area (Å²) in [6.07, 6.45) is 6.27. The molecule has 0 radical (unpaired) electrons. The van der Waals surface area contributed by atoms with Crippen LogP contribution in [0.5, 0.6) is 5.75 Å². The molecule has 0 saturated heterocycles. The van der Waals surface area contributed by atoms with Crippen LogP contribution in [0.3, 0.4) is 0 Å². The molecular formula is C21H32N6O. The Kier molecular flexibility index (Phi) is 6.90. The van der Waals surface area contributed by atoms with Crippen molar-refractivity contribution in [2.75, 3.05) is 7.11 Å². The van der Waals surface area contributed by atoms with E-state index in [1.54, 1.807) is 7.11 Å². The van der Waals surface area contributed by atoms with Crippen LogP contribution in [-0.4, -0.2) is 33.9 Å². The molecule has 1 saturated carbocycles. The quantitative estimate of drug-likeness (QED) is 0.591. The third-order valence-corrected chi connectivity index (χ3v) is 5.39. The number of benzene rings is 1. The second-order valence-corrected chi connectivity index (χ2v) is 7.54. The van der Waals surface area contributed by atoms with Gasteiger partial charge in [-0.05, 0) is 38.3 Å². The summed E-state index contributed by atoms with van der Waals surface area (Å²) in [6, 6.07) is 6.70. The summed E-state index contributed by atoms with van der Waals surface area (Å²) in [5, 5.41) is 15.4. The molecule has 3 rings (SSSR count). The standard InChI is InChI=1S/C21H32N6O/c1-15-10-11-17(19(12-15)28-4)13-22-21(24-18-8-6-5-7-9-18)23-14-20-26-25-16(2)27(20)3/h10-12,18H,5-9,13-14H2,1-4H3,(H2,22,23,24). The molecule has 7 heteroatoms. The number of aliphatic imine (C=N–C) groups is 1. The van der Waals surface area contributed by atoms with Gasteiger partial charge in [0.15, 0.2) is 11.8 Å². The monoisotopic (exact) mass is 384 g/mol. The van der Waals surface area contributed by atoms with E-state index in [-0.39, 0.29) is 0 Å². The lowest BCUT2D eigenvalue weighted by molar-refractivity contribution is 0.407. The molecule has 0 unspecified atom stereocenters. The number of aryl methyl sites for hydroxylation is 2. The number of hydrogen-bond acceptors (Lipinski definition) is 4. The number of hydrogen-bond donors (Lipinski definition) is 2. The van der Waals surface area contributed by atoms with E-state index in [2.05, 4.69) is 46.0 Å². The maximum Gasteiger partial charge on any atom is 0.192 e. The van der Waals surface area contributed by atoms with E-state index in [1.807, 2.05) is 18.5 Å². The Balaban J connectivity index is 1.72. The summed E-state index contributed by atoms with van der Waals surface area (Å²) < 4.78 is 7.52. The molecule has 2 aromatic rings. The molecule has 1 aromatic carbocycles. The molecular weight excluding hydrogens is 352 g/mol. The summed E-state index contributed by atoms with van der Waals surface area (Å²) in [7, 11) is 3.69. The van der Waals surface area contributed by atoms with Crippen LogP contribution in [0.4, 0.5) is 0 Å². The fourth-order valence-corrected chi connectivity index (χ4v) is 3.51. The molecule has 1 aliphatic carbocycles. The molecule has 1 aliphatic rings. The van der Waals surface area contributed by atoms with Crippen molar-refractivity contribution in [1.29, 1.82) is 0 Å². The molecule has 1 aromatic heterocycles. The smallest absolute Gasteiger partial charge is 0.192 e. The van der Waals surface area contributed by atoms with Crippen molar-refractivity contribution in [2.24, 2.45) is 12.0 Å². The Labute approximate surface area is 167 Å². The van der Waals surface area contributed by atoms with Crippen molar-refractivity contribution in [3.05, 3.63) is 41.0 Å². The topological polar surface area (TPSA) is 76.4 Å². The van der Waals surface area contributed by atoms with Gasteiger partial charge in [0.25, 0.3) is 0 Å². The Bertz CT molecular complexity index is 807. The van der Waals surface area contributed by atoms with Gasteiger partial charge in [-0.2, -0.15) is 0 Å². The zero-order chi connectivity index (χ0) is 19.9. The average molecular weight is 385 g/mol. The van der Waals surface area contributed by atoms with Crippen molar-refractivity contribution >= 4 is 5.96 Å². The summed E-state index contributed by atoms with van der Waals surface area (Å²) in [5.74, 6) is 3.49. The molecule has 0 atom stereocenters. The Morgan fingerprint density at radius 1 is 1.21 bits per heavy atom. The largest absolute Gasteiger partial charge is 0.496 e. The second kappa shape index (κ2) is 9.57. The average Bonchev–Trinajstić information content (AvgIpc) is 3.03. The van der Waals surface area contributed by atoms with Crippen LogP contribution in [-0.2, 0) is 20.1 Å². The molecule has 0 aliphatic heterocycles. The van der Waals surface area contributed by atoms with Crippen molar-refractivity contribution in [3.63, 3.8) is 0 Å². The minimum atomic E-state index is 0.473. The molecule has 0 spiro atoms. The van der Waals surface area contributed by atoms with Crippen molar-refractivity contribution in [2.45, 2.75) is 65.1 Å². The lowest BCUT2D eigenvalue weighted by Crippen LogP contribution is -2.44. The number of nitrogens with zero attached hydrogens (tertiary/aromatic N) is 4. The van der Waals surface area contributed by atoms with Gasteiger partial charge in [0.1, 0.15) is 11.6 Å². The lowest BCUT2D eigenvalue weighted by atomic mass is 9.96. The molecule has 28 heavy (non-hydrogen) atoms. The van der Waals surface area contributed by atoms with Gasteiger partial charge in [-0.25, -0.2) is 4.99 Å². The Morgan fingerprint density at radius 2 is 2.00 bits per heavy atom. The van der Waals surface area contributed by atoms with Crippen molar-refractivity contribution in [1.82, 2.24) is 25.4 Å². The SMILES string of the molecule is COc1cc(C)ccc1CN=C(NCc1nnc(C)n1C)NC1CCCCC1. The first kappa shape index (κ1) is 20.2. The number of aromatic nitrogens is 3. The number of guanidine groups is 1. The van der Waals surface area contributed by atoms with Crippen LogP contribution in [0, 0.1) is 13.8 Å². The van der Waals surface area contributed by atoms with Gasteiger partial charge >= 0.3 is 0 Å². The molecule has 7 nitrogen and oxygen atoms in total. The second-order valence-electron chi connectivity index (χ2n) is 7.54. The third-order valence-electron chi connectivity index (χ3n) is 5.39. The summed E-state index contributed by atoms with van der Waals surface area (Å²) in [4.78, 5) is 4.83. The number of rotatable bonds is 6. The maximum absolute atomic E-state index is 5.52. The predicted octanol–water partition coefficient (Wildman–Crippen LogP) is 3.01. The van der Waals surface area contributed by atoms with E-state index in [0.29, 0.717) is 19.1 Å². The first-order chi connectivity index (χ1) is 13.6. The van der Waals surface area contributed by atoms with E-state index in [1.165, 1.54) is 37.7 Å². The zero-order valence-corrected chi connectivity index (χ0v) is 17.5. The molecule has 0 bridgehead atoms. The number of methoxy groups -OCH3 is 1. The first-order valence-corrected chi connectivity index (χ1v) is 10.1. The predicted molar refractivity (Wildman–Crippen MR) is 111 cm³/mol. The van der Waals surface area contributed by atoms with Crippen LogP contribution >= 0.6 is 0 Å². The van der Waals surface area contributed by atoms with Crippen LogP contribution in [0.25, 0.3) is 0 Å². The van der Waals surface area contributed by atoms with E-state index < -0.39 is 0 Å². The van der Waals surface area contributed by atoms with Crippen LogP contribution in [0.2, 0.25) is 0 Å². The van der Waals surface area contributed by atoms with Crippen molar-refractivity contribution in [3.8, 4) is 5.75 Å². The zero-order valence-electron chi connectivity index (χ0n) is 17.5. The van der Waals surface area contributed by atoms with E-state index >= 15 is 0 Å². The molecule has 1 heterocycles. The molecule has 2 N–H and O–H groups in total. The fraction of sp³-hybridized carbons (Fsp3) is 0.571. The van der Waals surface area contributed by atoms with E-state index in [0.717, 1.165) is 28.9 Å². The van der Waals surface area contributed by atoms with Gasteiger partial charge in [0.05, 0.1) is 20.2 Å². The van der Waals surface area contributed by atoms with Gasteiger partial charge in [-0.1, -0.05) is 31.4 Å². The van der Waals surface area contributed by atoms with Gasteiger partial charge in [0.2, 0.25) is 0 Å². The highest BCUT2D eigenvalue weighted by molar-refractivity contribution is 5.80. The summed E-state index contributed by atoms with van der Waals surface area (Å²) in [5.41, 5.74) is 2.26. The molecule has 152 valence electrons. The van der Waals surface area contributed by atoms with Crippen molar-refractivity contribution < 1.29 is 4.74 Å². The Hall–Kier alpha value is -2.57. The highest BCUT2D eigenvalue weighted by Gasteiger charge is 2.15. The third kappa shape index (κ3) is 5.24. The minimum absolute atomic E-state index is 0.473. The number of nitrogens with one attached hydrogen (secondary N) is 2. The fourth-order valence-electron chi connectivity index (χ4n) is 3.51. The normalized spacial score (nSPS) is 15.5. The lowest BCUT2D eigenvalue weighted by Gasteiger charge is -2.25. The highest BCUT2D eigenvalue weighted by Crippen LogP contribution is 2.21. The maximum atomic E-state index is 5.52. The van der Waals surface area contributed by atoms with Gasteiger partial charge < -0.3 is 19.9 Å². The number of ether oxygens (including phenoxy) is 1. The van der Waals surface area contributed by atoms with E-state index in [4.69, 9.17) is 9.73 Å². The molecule has 0 amide bonds. The van der Waals surface area contributed by atoms with Gasteiger partial charge in [-0.15, -0.1) is 10.2 Å². The molecule has 1 fully saturated rings. The first-order valence-electron chi connectivity index (χ1n) is 10.1. The van der Waals surface area contributed by atoms with Crippen LogP contribution in [0.15, 0.2) is 23.2 Å². The minimum Gasteiger partial charge on any atom is -0.496 e. The highest BCUT2D eigenvalue weighted by atomic mass is 16.5. The van der Waals surface area contributed by atoms with E-state index in [9.17, 15) is 0 Å². The summed E-state index contributed by atoms with van der Waals surface area (Å²) in [6.45, 7) is 5.16. The summed E-state index contributed by atoms with van der Waals surface area (Å²) >= 11 is 0. The van der Waals surface area contributed by atoms with Gasteiger partial charge in [0, 0.05) is 18.7 Å².